The summed E-state index contributed by atoms with van der Waals surface area (Å²) in [7, 11) is 0. The van der Waals surface area contributed by atoms with Crippen LogP contribution >= 0.6 is 0 Å². The normalized spacial score (nSPS) is 23.9. The standard InChI is InChI=1S/C22H25N3O4/c23-21(26)14-28-19-8-4-7-16(9-19)22(27)24-17-10-18-13-29-20(12-25(18)11-17)15-5-2-1-3-6-15/h1-9,17-18,20H,10-14H2,(H2,23,26)(H,24,27)/t17-,18+,20-/m1/s1. The van der Waals surface area contributed by atoms with Crippen molar-refractivity contribution in [1.82, 2.24) is 10.2 Å². The molecule has 2 aromatic rings. The van der Waals surface area contributed by atoms with Crippen molar-refractivity contribution < 1.29 is 19.1 Å². The Morgan fingerprint density at radius 2 is 1.97 bits per heavy atom. The molecule has 3 atom stereocenters. The molecule has 7 nitrogen and oxygen atoms in total. The highest BCUT2D eigenvalue weighted by molar-refractivity contribution is 5.94. The van der Waals surface area contributed by atoms with Crippen molar-refractivity contribution in [3.05, 3.63) is 65.7 Å². The van der Waals surface area contributed by atoms with E-state index in [1.165, 1.54) is 5.56 Å². The van der Waals surface area contributed by atoms with E-state index in [0.717, 1.165) is 19.5 Å². The van der Waals surface area contributed by atoms with Crippen molar-refractivity contribution in [3.63, 3.8) is 0 Å². The maximum absolute atomic E-state index is 12.7. The Kier molecular flexibility index (Phi) is 5.78. The summed E-state index contributed by atoms with van der Waals surface area (Å²) in [4.78, 5) is 25.9. The smallest absolute Gasteiger partial charge is 0.255 e. The number of carbonyl (C=O) groups is 2. The first-order valence-electron chi connectivity index (χ1n) is 9.81. The molecule has 2 fully saturated rings. The number of nitrogens with two attached hydrogens (primary N) is 1. The number of fused-ring (bicyclic) bond motifs is 1. The lowest BCUT2D eigenvalue weighted by Crippen LogP contribution is -2.43. The Labute approximate surface area is 169 Å². The molecule has 152 valence electrons. The van der Waals surface area contributed by atoms with Crippen LogP contribution in [0.1, 0.15) is 28.4 Å². The van der Waals surface area contributed by atoms with Crippen molar-refractivity contribution >= 4 is 11.8 Å². The van der Waals surface area contributed by atoms with Gasteiger partial charge in [-0.15, -0.1) is 0 Å². The van der Waals surface area contributed by atoms with E-state index in [2.05, 4.69) is 22.3 Å². The molecule has 0 saturated carbocycles. The Hall–Kier alpha value is -2.90. The molecule has 4 rings (SSSR count). The third kappa shape index (κ3) is 4.75. The minimum atomic E-state index is -0.557. The van der Waals surface area contributed by atoms with Crippen LogP contribution in [-0.2, 0) is 9.53 Å². The lowest BCUT2D eigenvalue weighted by atomic mass is 10.1. The van der Waals surface area contributed by atoms with Crippen molar-refractivity contribution in [2.75, 3.05) is 26.3 Å². The molecule has 2 aliphatic rings. The molecule has 0 bridgehead atoms. The van der Waals surface area contributed by atoms with Gasteiger partial charge in [-0.25, -0.2) is 0 Å². The lowest BCUT2D eigenvalue weighted by Gasteiger charge is -2.35. The van der Waals surface area contributed by atoms with Crippen LogP contribution < -0.4 is 15.8 Å². The number of nitrogens with one attached hydrogen (secondary N) is 1. The van der Waals surface area contributed by atoms with E-state index >= 15 is 0 Å². The summed E-state index contributed by atoms with van der Waals surface area (Å²) in [6, 6.07) is 17.4. The number of rotatable bonds is 6. The molecule has 29 heavy (non-hydrogen) atoms. The number of nitrogens with zero attached hydrogens (tertiary/aromatic N) is 1. The van der Waals surface area contributed by atoms with E-state index in [1.807, 2.05) is 18.2 Å². The molecule has 2 aromatic carbocycles. The minimum absolute atomic E-state index is 0.0702. The van der Waals surface area contributed by atoms with Gasteiger partial charge in [0.1, 0.15) is 5.75 Å². The van der Waals surface area contributed by atoms with Crippen molar-refractivity contribution in [3.8, 4) is 5.75 Å². The van der Waals surface area contributed by atoms with Crippen LogP contribution in [0.2, 0.25) is 0 Å². The second-order valence-electron chi connectivity index (χ2n) is 7.53. The molecular weight excluding hydrogens is 370 g/mol. The maximum Gasteiger partial charge on any atom is 0.255 e. The third-order valence-electron chi connectivity index (χ3n) is 5.40. The second-order valence-corrected chi connectivity index (χ2v) is 7.53. The predicted octanol–water partition coefficient (Wildman–Crippen LogP) is 1.49. The van der Waals surface area contributed by atoms with E-state index < -0.39 is 5.91 Å². The van der Waals surface area contributed by atoms with Gasteiger partial charge in [0, 0.05) is 30.7 Å². The fraction of sp³-hybridized carbons (Fsp3) is 0.364. The van der Waals surface area contributed by atoms with Gasteiger partial charge in [0.25, 0.3) is 11.8 Å². The number of amides is 2. The number of benzene rings is 2. The number of ether oxygens (including phenoxy) is 2. The quantitative estimate of drug-likeness (QED) is 0.773. The molecule has 0 radical (unpaired) electrons. The molecule has 0 spiro atoms. The Morgan fingerprint density at radius 3 is 2.76 bits per heavy atom. The molecular formula is C22H25N3O4. The van der Waals surface area contributed by atoms with Gasteiger partial charge in [-0.3, -0.25) is 14.5 Å². The van der Waals surface area contributed by atoms with Gasteiger partial charge in [0.15, 0.2) is 6.61 Å². The fourth-order valence-electron chi connectivity index (χ4n) is 4.00. The Bertz CT molecular complexity index is 873. The predicted molar refractivity (Wildman–Crippen MR) is 107 cm³/mol. The summed E-state index contributed by atoms with van der Waals surface area (Å²) in [5.41, 5.74) is 6.78. The van der Waals surface area contributed by atoms with E-state index in [9.17, 15) is 9.59 Å². The van der Waals surface area contributed by atoms with Crippen LogP contribution in [0.25, 0.3) is 0 Å². The number of hydrogen-bond donors (Lipinski definition) is 2. The SMILES string of the molecule is NC(=O)COc1cccc(C(=O)N[C@@H]2C[C@H]3CO[C@@H](c4ccccc4)CN3C2)c1. The van der Waals surface area contributed by atoms with Crippen LogP contribution in [0.3, 0.4) is 0 Å². The summed E-state index contributed by atoms with van der Waals surface area (Å²) in [6.45, 7) is 2.09. The van der Waals surface area contributed by atoms with Crippen LogP contribution in [0, 0.1) is 0 Å². The highest BCUT2D eigenvalue weighted by atomic mass is 16.5. The first-order chi connectivity index (χ1) is 14.1. The lowest BCUT2D eigenvalue weighted by molar-refractivity contribution is -0.119. The number of carbonyl (C=O) groups excluding carboxylic acids is 2. The van der Waals surface area contributed by atoms with Crippen LogP contribution in [-0.4, -0.2) is 55.1 Å². The molecule has 0 aromatic heterocycles. The summed E-state index contributed by atoms with van der Waals surface area (Å²) in [5.74, 6) is -0.266. The van der Waals surface area contributed by atoms with Gasteiger partial charge in [-0.05, 0) is 30.2 Å². The molecule has 2 amide bonds. The first-order valence-corrected chi connectivity index (χ1v) is 9.81. The average Bonchev–Trinajstić information content (AvgIpc) is 3.14. The van der Waals surface area contributed by atoms with Crippen molar-refractivity contribution in [2.45, 2.75) is 24.6 Å². The van der Waals surface area contributed by atoms with E-state index in [-0.39, 0.29) is 24.7 Å². The van der Waals surface area contributed by atoms with Gasteiger partial charge >= 0.3 is 0 Å². The van der Waals surface area contributed by atoms with Gasteiger partial charge < -0.3 is 20.5 Å². The average molecular weight is 395 g/mol. The third-order valence-corrected chi connectivity index (χ3v) is 5.40. The van der Waals surface area contributed by atoms with E-state index in [4.69, 9.17) is 15.2 Å². The molecule has 2 heterocycles. The Balaban J connectivity index is 1.34. The monoisotopic (exact) mass is 395 g/mol. The maximum atomic E-state index is 12.7. The zero-order valence-electron chi connectivity index (χ0n) is 16.1. The van der Waals surface area contributed by atoms with Gasteiger partial charge in [0.2, 0.25) is 0 Å². The molecule has 2 aliphatic heterocycles. The zero-order chi connectivity index (χ0) is 20.2. The summed E-state index contributed by atoms with van der Waals surface area (Å²) in [5, 5.41) is 3.11. The highest BCUT2D eigenvalue weighted by Crippen LogP contribution is 2.30. The van der Waals surface area contributed by atoms with Crippen LogP contribution in [0.15, 0.2) is 54.6 Å². The highest BCUT2D eigenvalue weighted by Gasteiger charge is 2.38. The molecule has 0 aliphatic carbocycles. The summed E-state index contributed by atoms with van der Waals surface area (Å²) in [6.07, 6.45) is 0.937. The van der Waals surface area contributed by atoms with Crippen LogP contribution in [0.5, 0.6) is 5.75 Å². The molecule has 7 heteroatoms. The van der Waals surface area contributed by atoms with Gasteiger partial charge in [-0.2, -0.15) is 0 Å². The topological polar surface area (TPSA) is 93.9 Å². The number of hydrogen-bond acceptors (Lipinski definition) is 5. The van der Waals surface area contributed by atoms with E-state index in [1.54, 1.807) is 24.3 Å². The van der Waals surface area contributed by atoms with Crippen LogP contribution in [0.4, 0.5) is 0 Å². The second kappa shape index (κ2) is 8.63. The Morgan fingerprint density at radius 1 is 1.14 bits per heavy atom. The molecule has 3 N–H and O–H groups in total. The first kappa shape index (κ1) is 19.4. The zero-order valence-corrected chi connectivity index (χ0v) is 16.1. The van der Waals surface area contributed by atoms with Gasteiger partial charge in [0.05, 0.1) is 12.7 Å². The number of primary amides is 1. The molecule has 0 unspecified atom stereocenters. The largest absolute Gasteiger partial charge is 0.484 e. The van der Waals surface area contributed by atoms with Crippen molar-refractivity contribution in [2.24, 2.45) is 5.73 Å². The minimum Gasteiger partial charge on any atom is -0.484 e. The summed E-state index contributed by atoms with van der Waals surface area (Å²) >= 11 is 0. The van der Waals surface area contributed by atoms with Gasteiger partial charge in [-0.1, -0.05) is 36.4 Å². The fourth-order valence-corrected chi connectivity index (χ4v) is 4.00. The summed E-state index contributed by atoms with van der Waals surface area (Å²) < 4.78 is 11.3. The number of morpholine rings is 1. The van der Waals surface area contributed by atoms with E-state index in [0.29, 0.717) is 24.0 Å². The van der Waals surface area contributed by atoms with Crippen molar-refractivity contribution in [1.29, 1.82) is 0 Å². The molecule has 2 saturated heterocycles.